The molecule has 166 valence electrons. The highest BCUT2D eigenvalue weighted by atomic mass is 16.3. The maximum absolute atomic E-state index is 12.9. The lowest BCUT2D eigenvalue weighted by molar-refractivity contribution is 0.0384. The van der Waals surface area contributed by atoms with E-state index < -0.39 is 0 Å². The Morgan fingerprint density at radius 3 is 2.29 bits per heavy atom. The molecule has 2 aromatic carbocycles. The summed E-state index contributed by atoms with van der Waals surface area (Å²) in [5.41, 5.74) is 2.78. The number of likely N-dealkylation sites (tertiary alicyclic amines) is 1. The minimum atomic E-state index is -0.0495. The first-order valence-electron chi connectivity index (χ1n) is 11.6. The highest BCUT2D eigenvalue weighted by molar-refractivity contribution is 5.94. The van der Waals surface area contributed by atoms with Crippen LogP contribution in [-0.4, -0.2) is 71.0 Å². The molecule has 3 atom stereocenters. The molecule has 2 heterocycles. The summed E-state index contributed by atoms with van der Waals surface area (Å²) in [5.74, 6) is 0.451. The Labute approximate surface area is 186 Å². The van der Waals surface area contributed by atoms with Gasteiger partial charge in [-0.1, -0.05) is 30.3 Å². The van der Waals surface area contributed by atoms with Crippen LogP contribution in [0.2, 0.25) is 0 Å². The number of hydrogen-bond acceptors (Lipinski definition) is 4. The fourth-order valence-electron chi connectivity index (χ4n) is 5.04. The first-order chi connectivity index (χ1) is 15.0. The molecule has 2 saturated heterocycles. The van der Waals surface area contributed by atoms with Gasteiger partial charge in [0, 0.05) is 49.4 Å². The Bertz CT molecular complexity index is 892. The Hall–Kier alpha value is -2.37. The van der Waals surface area contributed by atoms with E-state index in [1.54, 1.807) is 6.07 Å². The number of para-hydroxylation sites is 1. The van der Waals surface area contributed by atoms with Crippen molar-refractivity contribution in [3.63, 3.8) is 0 Å². The second kappa shape index (κ2) is 9.41. The van der Waals surface area contributed by atoms with E-state index in [2.05, 4.69) is 42.8 Å². The van der Waals surface area contributed by atoms with Crippen molar-refractivity contribution >= 4 is 5.91 Å². The maximum Gasteiger partial charge on any atom is 0.253 e. The van der Waals surface area contributed by atoms with Gasteiger partial charge >= 0.3 is 0 Å². The number of phenolic OH excluding ortho intramolecular Hbond substituents is 1. The number of likely N-dealkylation sites (N-methyl/N-ethyl adjacent to an activating group) is 1. The van der Waals surface area contributed by atoms with Crippen molar-refractivity contribution in [2.45, 2.75) is 51.2 Å². The molecule has 31 heavy (non-hydrogen) atoms. The number of rotatable bonds is 4. The highest BCUT2D eigenvalue weighted by Crippen LogP contribution is 2.37. The zero-order chi connectivity index (χ0) is 22.0. The van der Waals surface area contributed by atoms with Crippen LogP contribution < -0.4 is 0 Å². The fourth-order valence-corrected chi connectivity index (χ4v) is 5.04. The van der Waals surface area contributed by atoms with Crippen LogP contribution in [0.4, 0.5) is 0 Å². The summed E-state index contributed by atoms with van der Waals surface area (Å²) in [5, 5.41) is 10.7. The number of benzene rings is 2. The standard InChI is InChI=1S/C26H35N3O2/c1-19-18-29(20(2)17-27(19)3)25(23-9-5-6-10-24(23)30)21-11-13-22(14-12-21)26(31)28-15-7-4-8-16-28/h5-6,9-14,19-20,25,30H,4,7-8,15-18H2,1-3H3/t19-,20-,25+/m0/s1. The molecule has 4 rings (SSSR count). The summed E-state index contributed by atoms with van der Waals surface area (Å²) < 4.78 is 0. The lowest BCUT2D eigenvalue weighted by atomic mass is 9.92. The fraction of sp³-hybridized carbons (Fsp3) is 0.500. The summed E-state index contributed by atoms with van der Waals surface area (Å²) in [7, 11) is 2.18. The smallest absolute Gasteiger partial charge is 0.253 e. The molecule has 5 nitrogen and oxygen atoms in total. The van der Waals surface area contributed by atoms with Crippen molar-refractivity contribution in [3.05, 3.63) is 65.2 Å². The molecule has 5 heteroatoms. The van der Waals surface area contributed by atoms with Gasteiger partial charge < -0.3 is 14.9 Å². The van der Waals surface area contributed by atoms with E-state index in [1.807, 2.05) is 35.2 Å². The number of carbonyl (C=O) groups excluding carboxylic acids is 1. The molecule has 0 aromatic heterocycles. The Balaban J connectivity index is 1.65. The Morgan fingerprint density at radius 2 is 1.61 bits per heavy atom. The number of aromatic hydroxyl groups is 1. The SMILES string of the molecule is C[C@H]1CN([C@H](c2ccc(C(=O)N3CCCCC3)cc2)c2ccccc2O)[C@@H](C)CN1C. The van der Waals surface area contributed by atoms with Crippen LogP contribution in [0.25, 0.3) is 0 Å². The van der Waals surface area contributed by atoms with Crippen molar-refractivity contribution < 1.29 is 9.90 Å². The van der Waals surface area contributed by atoms with Crippen LogP contribution in [0.15, 0.2) is 48.5 Å². The number of piperazine rings is 1. The van der Waals surface area contributed by atoms with Crippen molar-refractivity contribution in [2.75, 3.05) is 33.2 Å². The van der Waals surface area contributed by atoms with Gasteiger partial charge in [-0.3, -0.25) is 9.69 Å². The van der Waals surface area contributed by atoms with Crippen molar-refractivity contribution in [3.8, 4) is 5.75 Å². The molecule has 0 aliphatic carbocycles. The van der Waals surface area contributed by atoms with E-state index in [1.165, 1.54) is 6.42 Å². The molecule has 0 bridgehead atoms. The average Bonchev–Trinajstić information content (AvgIpc) is 2.79. The molecule has 1 N–H and O–H groups in total. The number of phenols is 1. The number of carbonyl (C=O) groups is 1. The summed E-state index contributed by atoms with van der Waals surface area (Å²) in [4.78, 5) is 19.8. The second-order valence-electron chi connectivity index (χ2n) is 9.27. The Morgan fingerprint density at radius 1 is 0.935 bits per heavy atom. The van der Waals surface area contributed by atoms with Gasteiger partial charge in [0.1, 0.15) is 5.75 Å². The minimum absolute atomic E-state index is 0.0495. The lowest BCUT2D eigenvalue weighted by Crippen LogP contribution is -2.55. The minimum Gasteiger partial charge on any atom is -0.508 e. The average molecular weight is 422 g/mol. The zero-order valence-corrected chi connectivity index (χ0v) is 19.0. The van der Waals surface area contributed by atoms with E-state index in [4.69, 9.17) is 0 Å². The van der Waals surface area contributed by atoms with E-state index in [-0.39, 0.29) is 11.9 Å². The maximum atomic E-state index is 12.9. The summed E-state index contributed by atoms with van der Waals surface area (Å²) in [6.07, 6.45) is 3.41. The first-order valence-corrected chi connectivity index (χ1v) is 11.6. The molecule has 1 amide bonds. The highest BCUT2D eigenvalue weighted by Gasteiger charge is 2.34. The first kappa shape index (κ1) is 21.8. The van der Waals surface area contributed by atoms with Gasteiger partial charge in [0.05, 0.1) is 6.04 Å². The van der Waals surface area contributed by atoms with E-state index in [0.717, 1.165) is 55.7 Å². The van der Waals surface area contributed by atoms with Gasteiger partial charge in [0.2, 0.25) is 0 Å². The normalized spacial score (nSPS) is 24.2. The molecule has 0 saturated carbocycles. The van der Waals surface area contributed by atoms with Gasteiger partial charge in [-0.15, -0.1) is 0 Å². The van der Waals surface area contributed by atoms with Crippen LogP contribution in [0, 0.1) is 0 Å². The van der Waals surface area contributed by atoms with Crippen LogP contribution in [0.5, 0.6) is 5.75 Å². The predicted octanol–water partition coefficient (Wildman–Crippen LogP) is 4.13. The van der Waals surface area contributed by atoms with Crippen molar-refractivity contribution in [1.82, 2.24) is 14.7 Å². The van der Waals surface area contributed by atoms with E-state index >= 15 is 0 Å². The molecule has 2 aliphatic heterocycles. The van der Waals surface area contributed by atoms with Gasteiger partial charge in [0.25, 0.3) is 5.91 Å². The molecular formula is C26H35N3O2. The van der Waals surface area contributed by atoms with Gasteiger partial charge in [-0.2, -0.15) is 0 Å². The molecule has 2 aromatic rings. The van der Waals surface area contributed by atoms with Crippen molar-refractivity contribution in [1.29, 1.82) is 0 Å². The lowest BCUT2D eigenvalue weighted by Gasteiger charge is -2.46. The third-order valence-corrected chi connectivity index (χ3v) is 7.03. The largest absolute Gasteiger partial charge is 0.508 e. The van der Waals surface area contributed by atoms with E-state index in [9.17, 15) is 9.90 Å². The molecule has 0 radical (unpaired) electrons. The molecule has 2 aliphatic rings. The number of nitrogens with zero attached hydrogens (tertiary/aromatic N) is 3. The zero-order valence-electron chi connectivity index (χ0n) is 19.0. The van der Waals surface area contributed by atoms with Gasteiger partial charge in [0.15, 0.2) is 0 Å². The quantitative estimate of drug-likeness (QED) is 0.806. The molecule has 0 spiro atoms. The molecule has 2 fully saturated rings. The molecule has 0 unspecified atom stereocenters. The van der Waals surface area contributed by atoms with Crippen molar-refractivity contribution in [2.24, 2.45) is 0 Å². The van der Waals surface area contributed by atoms with Crippen LogP contribution in [-0.2, 0) is 0 Å². The van der Waals surface area contributed by atoms with Crippen LogP contribution >= 0.6 is 0 Å². The number of amides is 1. The predicted molar refractivity (Wildman–Crippen MR) is 124 cm³/mol. The summed E-state index contributed by atoms with van der Waals surface area (Å²) in [6, 6.07) is 16.4. The summed E-state index contributed by atoms with van der Waals surface area (Å²) >= 11 is 0. The van der Waals surface area contributed by atoms with Gasteiger partial charge in [-0.05, 0) is 63.9 Å². The topological polar surface area (TPSA) is 47.0 Å². The Kier molecular flexibility index (Phi) is 6.63. The van der Waals surface area contributed by atoms with Crippen LogP contribution in [0.3, 0.4) is 0 Å². The third-order valence-electron chi connectivity index (χ3n) is 7.03. The second-order valence-corrected chi connectivity index (χ2v) is 9.27. The number of piperidine rings is 1. The van der Waals surface area contributed by atoms with Crippen LogP contribution in [0.1, 0.15) is 60.6 Å². The monoisotopic (exact) mass is 421 g/mol. The number of hydrogen-bond donors (Lipinski definition) is 1. The summed E-state index contributed by atoms with van der Waals surface area (Å²) in [6.45, 7) is 8.13. The van der Waals surface area contributed by atoms with Gasteiger partial charge in [-0.25, -0.2) is 0 Å². The molecular weight excluding hydrogens is 386 g/mol. The van der Waals surface area contributed by atoms with E-state index in [0.29, 0.717) is 17.8 Å². The third kappa shape index (κ3) is 4.63.